The van der Waals surface area contributed by atoms with Gasteiger partial charge in [0, 0.05) is 14.3 Å². The Labute approximate surface area is 189 Å². The number of carbonyl (C=O) groups excluding carboxylic acids is 1. The molecule has 1 saturated carbocycles. The first kappa shape index (κ1) is 20.8. The van der Waals surface area contributed by atoms with Crippen molar-refractivity contribution in [3.8, 4) is 0 Å². The molecule has 0 radical (unpaired) electrons. The number of rotatable bonds is 3. The summed E-state index contributed by atoms with van der Waals surface area (Å²) in [5.74, 6) is -0.679. The molecule has 0 aromatic heterocycles. The molecule has 1 N–H and O–H groups in total. The fraction of sp³-hybridized carbons (Fsp3) is 0.462. The second-order valence-corrected chi connectivity index (χ2v) is 10.8. The molecule has 1 aromatic carbocycles. The summed E-state index contributed by atoms with van der Waals surface area (Å²) >= 11 is 7.84. The third kappa shape index (κ3) is 4.82. The summed E-state index contributed by atoms with van der Waals surface area (Å²) in [7, 11) is -4.53. The van der Waals surface area contributed by atoms with Gasteiger partial charge in [0.25, 0.3) is 10.1 Å². The van der Waals surface area contributed by atoms with Gasteiger partial charge in [-0.05, 0) is 116 Å². The van der Waals surface area contributed by atoms with E-state index in [1.54, 1.807) is 0 Å². The Morgan fingerprint density at radius 3 is 2.00 bits per heavy atom. The van der Waals surface area contributed by atoms with Crippen LogP contribution in [0, 0.1) is 14.3 Å². The highest BCUT2D eigenvalue weighted by molar-refractivity contribution is 14.1. The molecule has 0 unspecified atom stereocenters. The minimum atomic E-state index is -4.53. The molecule has 0 heterocycles. The zero-order valence-electron chi connectivity index (χ0n) is 11.6. The monoisotopic (exact) mass is 788 g/mol. The van der Waals surface area contributed by atoms with Crippen LogP contribution < -0.4 is 0 Å². The van der Waals surface area contributed by atoms with Gasteiger partial charge >= 0.3 is 5.97 Å². The van der Waals surface area contributed by atoms with Gasteiger partial charge in [0.05, 0.1) is 5.56 Å². The number of ether oxygens (including phenoxy) is 1. The van der Waals surface area contributed by atoms with Crippen LogP contribution in [0.5, 0.6) is 0 Å². The first-order chi connectivity index (χ1) is 10.6. The maximum Gasteiger partial charge on any atom is 0.340 e. The fourth-order valence-electron chi connectivity index (χ4n) is 2.43. The van der Waals surface area contributed by atoms with Crippen LogP contribution in [0.2, 0.25) is 0 Å². The molecule has 1 fully saturated rings. The summed E-state index contributed by atoms with van der Waals surface area (Å²) in [6.07, 6.45) is 4.53. The van der Waals surface area contributed by atoms with Gasteiger partial charge in [-0.25, -0.2) is 4.79 Å². The maximum absolute atomic E-state index is 12.6. The van der Waals surface area contributed by atoms with Gasteiger partial charge in [0.15, 0.2) is 0 Å². The quantitative estimate of drug-likeness (QED) is 0.156. The van der Waals surface area contributed by atoms with E-state index in [-0.39, 0.29) is 16.6 Å². The van der Waals surface area contributed by atoms with Crippen LogP contribution in [0.4, 0.5) is 0 Å². The Balaban J connectivity index is 2.53. The molecule has 1 aliphatic rings. The van der Waals surface area contributed by atoms with E-state index in [0.717, 1.165) is 35.7 Å². The molecule has 0 aliphatic heterocycles. The topological polar surface area (TPSA) is 80.7 Å². The van der Waals surface area contributed by atoms with Crippen molar-refractivity contribution in [2.75, 3.05) is 0 Å². The van der Waals surface area contributed by atoms with Crippen molar-refractivity contribution in [1.82, 2.24) is 0 Å². The number of hydrogen-bond acceptors (Lipinski definition) is 4. The Bertz CT molecular complexity index is 741. The summed E-state index contributed by atoms with van der Waals surface area (Å²) in [4.78, 5) is 12.3. The molecule has 0 atom stereocenters. The van der Waals surface area contributed by atoms with Gasteiger partial charge in [-0.1, -0.05) is 6.42 Å². The van der Waals surface area contributed by atoms with E-state index in [4.69, 9.17) is 4.74 Å². The fourth-order valence-corrected chi connectivity index (χ4v) is 7.81. The lowest BCUT2D eigenvalue weighted by atomic mass is 9.98. The average molecular weight is 788 g/mol. The van der Waals surface area contributed by atoms with Gasteiger partial charge in [-0.15, -0.1) is 0 Å². The van der Waals surface area contributed by atoms with E-state index in [1.807, 2.05) is 67.8 Å². The average Bonchev–Trinajstić information content (AvgIpc) is 2.48. The molecule has 1 aromatic rings. The number of halogens is 4. The smallest absolute Gasteiger partial charge is 0.340 e. The van der Waals surface area contributed by atoms with Crippen molar-refractivity contribution in [1.29, 1.82) is 0 Å². The standard InChI is InChI=1S/C13H12I4O5S/c14-8-7(13(18)22-6-4-2-1-3-5-6)12(23(19,20)21)11(17)10(16)9(8)15/h6H,1-5H2,(H,19,20,21). The first-order valence-electron chi connectivity index (χ1n) is 6.69. The predicted octanol–water partition coefficient (Wildman–Crippen LogP) is 4.84. The molecular formula is C13H12I4O5S. The third-order valence-electron chi connectivity index (χ3n) is 3.51. The first-order valence-corrected chi connectivity index (χ1v) is 12.4. The van der Waals surface area contributed by atoms with Crippen molar-refractivity contribution in [3.05, 3.63) is 19.8 Å². The van der Waals surface area contributed by atoms with Gasteiger partial charge in [-0.3, -0.25) is 4.55 Å². The van der Waals surface area contributed by atoms with Crippen molar-refractivity contribution < 1.29 is 22.5 Å². The van der Waals surface area contributed by atoms with Crippen LogP contribution in [-0.2, 0) is 14.9 Å². The Morgan fingerprint density at radius 1 is 0.957 bits per heavy atom. The largest absolute Gasteiger partial charge is 0.459 e. The molecule has 0 amide bonds. The van der Waals surface area contributed by atoms with Crippen LogP contribution >= 0.6 is 90.4 Å². The van der Waals surface area contributed by atoms with Crippen LogP contribution in [-0.4, -0.2) is 25.0 Å². The molecule has 2 rings (SSSR count). The number of esters is 1. The molecular weight excluding hydrogens is 776 g/mol. The van der Waals surface area contributed by atoms with Gasteiger partial charge in [-0.2, -0.15) is 8.42 Å². The van der Waals surface area contributed by atoms with Crippen molar-refractivity contribution in [2.45, 2.75) is 43.1 Å². The number of hydrogen-bond donors (Lipinski definition) is 1. The third-order valence-corrected chi connectivity index (χ3v) is 12.2. The molecule has 5 nitrogen and oxygen atoms in total. The highest BCUT2D eigenvalue weighted by atomic mass is 127. The molecule has 0 spiro atoms. The lowest BCUT2D eigenvalue weighted by Gasteiger charge is -2.23. The highest BCUT2D eigenvalue weighted by Gasteiger charge is 2.32. The summed E-state index contributed by atoms with van der Waals surface area (Å²) in [6.45, 7) is 0. The van der Waals surface area contributed by atoms with E-state index >= 15 is 0 Å². The van der Waals surface area contributed by atoms with Crippen LogP contribution in [0.15, 0.2) is 4.90 Å². The molecule has 23 heavy (non-hydrogen) atoms. The Kier molecular flexibility index (Phi) is 7.67. The second kappa shape index (κ2) is 8.47. The predicted molar refractivity (Wildman–Crippen MR) is 119 cm³/mol. The normalized spacial score (nSPS) is 16.4. The summed E-state index contributed by atoms with van der Waals surface area (Å²) < 4.78 is 41.0. The van der Waals surface area contributed by atoms with Crippen LogP contribution in [0.25, 0.3) is 0 Å². The summed E-state index contributed by atoms with van der Waals surface area (Å²) in [5.41, 5.74) is -0.0621. The van der Waals surface area contributed by atoms with Gasteiger partial charge in [0.1, 0.15) is 11.0 Å². The molecule has 10 heteroatoms. The number of benzene rings is 1. The van der Waals surface area contributed by atoms with Crippen LogP contribution in [0.3, 0.4) is 0 Å². The van der Waals surface area contributed by atoms with E-state index < -0.39 is 16.1 Å². The molecule has 128 valence electrons. The van der Waals surface area contributed by atoms with Crippen molar-refractivity contribution in [2.24, 2.45) is 0 Å². The maximum atomic E-state index is 12.6. The highest BCUT2D eigenvalue weighted by Crippen LogP contribution is 2.36. The number of carbonyl (C=O) groups is 1. The van der Waals surface area contributed by atoms with E-state index in [0.29, 0.717) is 10.7 Å². The SMILES string of the molecule is O=C(OC1CCCCC1)c1c(I)c(I)c(I)c(I)c1S(=O)(=O)O. The minimum absolute atomic E-state index is 0.0621. The Morgan fingerprint density at radius 2 is 1.48 bits per heavy atom. The summed E-state index contributed by atoms with van der Waals surface area (Å²) in [5, 5.41) is 0. The Hall–Kier alpha value is 1.52. The van der Waals surface area contributed by atoms with E-state index in [2.05, 4.69) is 22.6 Å². The summed E-state index contributed by atoms with van der Waals surface area (Å²) in [6, 6.07) is 0. The molecule has 1 aliphatic carbocycles. The lowest BCUT2D eigenvalue weighted by molar-refractivity contribution is 0.0204. The minimum Gasteiger partial charge on any atom is -0.459 e. The zero-order valence-corrected chi connectivity index (χ0v) is 21.1. The van der Waals surface area contributed by atoms with E-state index in [9.17, 15) is 17.8 Å². The van der Waals surface area contributed by atoms with Crippen molar-refractivity contribution in [3.63, 3.8) is 0 Å². The van der Waals surface area contributed by atoms with Crippen LogP contribution in [0.1, 0.15) is 42.5 Å². The van der Waals surface area contributed by atoms with E-state index in [1.165, 1.54) is 0 Å². The molecule has 0 saturated heterocycles. The molecule has 0 bridgehead atoms. The van der Waals surface area contributed by atoms with Crippen molar-refractivity contribution >= 4 is 106 Å². The lowest BCUT2D eigenvalue weighted by Crippen LogP contribution is -2.24. The van der Waals surface area contributed by atoms with Gasteiger partial charge in [0.2, 0.25) is 0 Å². The second-order valence-electron chi connectivity index (χ2n) is 5.10. The zero-order chi connectivity index (χ0) is 17.4. The van der Waals surface area contributed by atoms with Gasteiger partial charge < -0.3 is 4.74 Å².